The molecule has 2 aromatic heterocycles. The Morgan fingerprint density at radius 1 is 1.15 bits per heavy atom. The lowest BCUT2D eigenvalue weighted by atomic mass is 10.2. The molecule has 0 atom stereocenters. The molecule has 0 bridgehead atoms. The van der Waals surface area contributed by atoms with Crippen molar-refractivity contribution in [2.75, 3.05) is 5.32 Å². The summed E-state index contributed by atoms with van der Waals surface area (Å²) in [5, 5.41) is 11.4. The normalized spacial score (nSPS) is 10.4. The summed E-state index contributed by atoms with van der Waals surface area (Å²) >= 11 is 6.16. The van der Waals surface area contributed by atoms with E-state index < -0.39 is 0 Å². The molecule has 3 rings (SSSR count). The molecule has 0 fully saturated rings. The highest BCUT2D eigenvalue weighted by Crippen LogP contribution is 2.23. The number of amides is 1. The van der Waals surface area contributed by atoms with Crippen LogP contribution in [-0.4, -0.2) is 21.1 Å². The summed E-state index contributed by atoms with van der Waals surface area (Å²) in [6, 6.07) is 12.2. The van der Waals surface area contributed by atoms with Crippen molar-refractivity contribution in [2.24, 2.45) is 0 Å². The van der Waals surface area contributed by atoms with Crippen molar-refractivity contribution in [3.8, 4) is 0 Å². The molecule has 5 nitrogen and oxygen atoms in total. The Hall–Kier alpha value is -2.53. The molecular weight excluding hydrogens is 276 g/mol. The molecule has 0 spiro atoms. The summed E-state index contributed by atoms with van der Waals surface area (Å²) in [5.41, 5.74) is 0.906. The number of nitrogens with one attached hydrogen (secondary N) is 1. The van der Waals surface area contributed by atoms with Gasteiger partial charge in [0.15, 0.2) is 5.82 Å². The quantitative estimate of drug-likeness (QED) is 0.785. The number of anilines is 1. The fourth-order valence-corrected chi connectivity index (χ4v) is 2.06. The molecule has 98 valence electrons. The average molecular weight is 285 g/mol. The second-order valence-electron chi connectivity index (χ2n) is 4.07. The summed E-state index contributed by atoms with van der Waals surface area (Å²) in [5.74, 6) is -0.0123. The van der Waals surface area contributed by atoms with Crippen LogP contribution in [0.15, 0.2) is 48.7 Å². The topological polar surface area (TPSA) is 67.8 Å². The second-order valence-corrected chi connectivity index (χ2v) is 4.48. The number of aromatic nitrogens is 3. The van der Waals surface area contributed by atoms with E-state index in [1.165, 1.54) is 12.3 Å². The lowest BCUT2D eigenvalue weighted by Crippen LogP contribution is -2.15. The Balaban J connectivity index is 1.96. The Morgan fingerprint density at radius 3 is 2.80 bits per heavy atom. The second kappa shape index (κ2) is 5.22. The monoisotopic (exact) mass is 284 g/mol. The van der Waals surface area contributed by atoms with Crippen LogP contribution in [0.2, 0.25) is 5.02 Å². The Labute approximate surface area is 119 Å². The minimum absolute atomic E-state index is 0.236. The van der Waals surface area contributed by atoms with Gasteiger partial charge >= 0.3 is 0 Å². The van der Waals surface area contributed by atoms with Crippen molar-refractivity contribution in [1.29, 1.82) is 0 Å². The van der Waals surface area contributed by atoms with Gasteiger partial charge < -0.3 is 5.32 Å². The first-order chi connectivity index (χ1) is 9.74. The van der Waals surface area contributed by atoms with E-state index in [1.54, 1.807) is 18.2 Å². The van der Waals surface area contributed by atoms with E-state index in [2.05, 4.69) is 20.5 Å². The van der Waals surface area contributed by atoms with E-state index in [0.717, 1.165) is 5.39 Å². The van der Waals surface area contributed by atoms with Gasteiger partial charge in [0.2, 0.25) is 0 Å². The number of nitrogens with zero attached hydrogens (tertiary/aromatic N) is 3. The molecule has 2 heterocycles. The number of para-hydroxylation sites is 1. The number of benzene rings is 1. The van der Waals surface area contributed by atoms with Gasteiger partial charge in [-0.1, -0.05) is 29.8 Å². The van der Waals surface area contributed by atoms with Gasteiger partial charge in [-0.05, 0) is 24.3 Å². The third kappa shape index (κ3) is 2.44. The van der Waals surface area contributed by atoms with Crippen LogP contribution in [0.4, 0.5) is 5.82 Å². The van der Waals surface area contributed by atoms with Gasteiger partial charge in [-0.3, -0.25) is 4.79 Å². The number of carbonyl (C=O) groups excluding carboxylic acids is 1. The maximum Gasteiger partial charge on any atom is 0.275 e. The first-order valence-corrected chi connectivity index (χ1v) is 6.26. The molecule has 6 heteroatoms. The van der Waals surface area contributed by atoms with E-state index in [0.29, 0.717) is 16.4 Å². The van der Waals surface area contributed by atoms with E-state index >= 15 is 0 Å². The molecule has 20 heavy (non-hydrogen) atoms. The van der Waals surface area contributed by atoms with Crippen molar-refractivity contribution < 1.29 is 4.79 Å². The van der Waals surface area contributed by atoms with Gasteiger partial charge in [0.1, 0.15) is 5.69 Å². The van der Waals surface area contributed by atoms with Crippen LogP contribution in [-0.2, 0) is 0 Å². The number of fused-ring (bicyclic) bond motifs is 1. The molecule has 0 aliphatic carbocycles. The number of hydrogen-bond donors (Lipinski definition) is 1. The van der Waals surface area contributed by atoms with E-state index in [9.17, 15) is 4.79 Å². The summed E-state index contributed by atoms with van der Waals surface area (Å²) in [4.78, 5) is 16.4. The minimum Gasteiger partial charge on any atom is -0.304 e. The predicted octanol–water partition coefficient (Wildman–Crippen LogP) is 2.93. The minimum atomic E-state index is -0.377. The molecule has 0 aliphatic heterocycles. The summed E-state index contributed by atoms with van der Waals surface area (Å²) in [6.45, 7) is 0. The Morgan fingerprint density at radius 2 is 2.00 bits per heavy atom. The summed E-state index contributed by atoms with van der Waals surface area (Å²) in [7, 11) is 0. The van der Waals surface area contributed by atoms with Crippen molar-refractivity contribution in [3.05, 3.63) is 59.4 Å². The van der Waals surface area contributed by atoms with Gasteiger partial charge in [0.05, 0.1) is 10.5 Å². The van der Waals surface area contributed by atoms with E-state index in [-0.39, 0.29) is 11.6 Å². The molecule has 3 aromatic rings. The largest absolute Gasteiger partial charge is 0.304 e. The van der Waals surface area contributed by atoms with E-state index in [1.807, 2.05) is 18.2 Å². The van der Waals surface area contributed by atoms with Crippen LogP contribution in [0.5, 0.6) is 0 Å². The molecule has 1 N–H and O–H groups in total. The van der Waals surface area contributed by atoms with Gasteiger partial charge in [0, 0.05) is 11.6 Å². The molecule has 0 aliphatic rings. The van der Waals surface area contributed by atoms with Crippen LogP contribution in [0.25, 0.3) is 10.9 Å². The number of rotatable bonds is 2. The lowest BCUT2D eigenvalue weighted by molar-refractivity contribution is 0.102. The number of pyridine rings is 1. The number of carbonyl (C=O) groups is 1. The smallest absolute Gasteiger partial charge is 0.275 e. The standard InChI is InChI=1S/C14H9ClN4O/c15-10-8-12(17-11-5-2-1-4-9(10)11)14(20)18-13-6-3-7-16-19-13/h1-8H,(H,18,19,20). The summed E-state index contributed by atoms with van der Waals surface area (Å²) in [6.07, 6.45) is 1.53. The Bertz CT molecular complexity index is 776. The molecule has 1 aromatic carbocycles. The molecular formula is C14H9ClN4O. The highest BCUT2D eigenvalue weighted by molar-refractivity contribution is 6.35. The van der Waals surface area contributed by atoms with Crippen LogP contribution in [0.1, 0.15) is 10.5 Å². The molecule has 0 saturated carbocycles. The van der Waals surface area contributed by atoms with E-state index in [4.69, 9.17) is 11.6 Å². The maximum atomic E-state index is 12.1. The van der Waals surface area contributed by atoms with Crippen LogP contribution < -0.4 is 5.32 Å². The van der Waals surface area contributed by atoms with Gasteiger partial charge in [0.25, 0.3) is 5.91 Å². The zero-order valence-corrected chi connectivity index (χ0v) is 11.0. The first-order valence-electron chi connectivity index (χ1n) is 5.88. The number of hydrogen-bond acceptors (Lipinski definition) is 4. The van der Waals surface area contributed by atoms with Crippen LogP contribution in [0.3, 0.4) is 0 Å². The fraction of sp³-hybridized carbons (Fsp3) is 0. The highest BCUT2D eigenvalue weighted by atomic mass is 35.5. The summed E-state index contributed by atoms with van der Waals surface area (Å²) < 4.78 is 0. The van der Waals surface area contributed by atoms with Crippen LogP contribution in [0, 0.1) is 0 Å². The maximum absolute atomic E-state index is 12.1. The third-order valence-electron chi connectivity index (χ3n) is 2.71. The first kappa shape index (κ1) is 12.5. The van der Waals surface area contributed by atoms with Crippen molar-refractivity contribution in [2.45, 2.75) is 0 Å². The number of halogens is 1. The molecule has 1 amide bonds. The van der Waals surface area contributed by atoms with Gasteiger partial charge in [-0.15, -0.1) is 5.10 Å². The zero-order valence-electron chi connectivity index (χ0n) is 10.2. The zero-order chi connectivity index (χ0) is 13.9. The predicted molar refractivity (Wildman–Crippen MR) is 76.7 cm³/mol. The fourth-order valence-electron chi connectivity index (χ4n) is 1.80. The van der Waals surface area contributed by atoms with Crippen LogP contribution >= 0.6 is 11.6 Å². The van der Waals surface area contributed by atoms with Gasteiger partial charge in [-0.2, -0.15) is 5.10 Å². The molecule has 0 radical (unpaired) electrons. The van der Waals surface area contributed by atoms with Crippen molar-refractivity contribution in [1.82, 2.24) is 15.2 Å². The SMILES string of the molecule is O=C(Nc1cccnn1)c1cc(Cl)c2ccccc2n1. The molecule has 0 saturated heterocycles. The highest BCUT2D eigenvalue weighted by Gasteiger charge is 2.11. The van der Waals surface area contributed by atoms with Crippen molar-refractivity contribution >= 4 is 34.2 Å². The third-order valence-corrected chi connectivity index (χ3v) is 3.02. The lowest BCUT2D eigenvalue weighted by Gasteiger charge is -2.05. The average Bonchev–Trinajstić information content (AvgIpc) is 2.48. The van der Waals surface area contributed by atoms with Gasteiger partial charge in [-0.25, -0.2) is 4.98 Å². The van der Waals surface area contributed by atoms with Crippen molar-refractivity contribution in [3.63, 3.8) is 0 Å². The molecule has 0 unspecified atom stereocenters. The Kier molecular flexibility index (Phi) is 3.26.